The number of nitrogens with zero attached hydrogens (tertiary/aromatic N) is 1. The highest BCUT2D eigenvalue weighted by Gasteiger charge is 2.30. The lowest BCUT2D eigenvalue weighted by Gasteiger charge is -2.22. The van der Waals surface area contributed by atoms with E-state index >= 15 is 0 Å². The highest BCUT2D eigenvalue weighted by molar-refractivity contribution is 7.98. The molecule has 0 bridgehead atoms. The monoisotopic (exact) mass is 329 g/mol. The Hall–Kier alpha value is -1.94. The molecule has 9 heteroatoms. The van der Waals surface area contributed by atoms with Crippen LogP contribution >= 0.6 is 0 Å². The summed E-state index contributed by atoms with van der Waals surface area (Å²) in [5.41, 5.74) is 0.319. The van der Waals surface area contributed by atoms with Crippen LogP contribution in [0.25, 0.3) is 0 Å². The van der Waals surface area contributed by atoms with Crippen LogP contribution in [0, 0.1) is 0 Å². The summed E-state index contributed by atoms with van der Waals surface area (Å²) in [6, 6.07) is 15.5. The van der Waals surface area contributed by atoms with E-state index in [0.29, 0.717) is 4.31 Å². The fourth-order valence-corrected chi connectivity index (χ4v) is 3.55. The number of hydrogen-bond donors (Lipinski definition) is 1. The van der Waals surface area contributed by atoms with Crippen LogP contribution in [0.4, 0.5) is 11.4 Å². The van der Waals surface area contributed by atoms with Crippen molar-refractivity contribution in [1.29, 1.82) is 0 Å². The molecular formula is C12H11NO6S2. The third-order valence-corrected chi connectivity index (χ3v) is 4.62. The quantitative estimate of drug-likeness (QED) is 0.841. The number of hydrogen-bond acceptors (Lipinski definition) is 5. The first-order valence-corrected chi connectivity index (χ1v) is 8.36. The summed E-state index contributed by atoms with van der Waals surface area (Å²) >= 11 is 0. The van der Waals surface area contributed by atoms with Crippen LogP contribution in [0.15, 0.2) is 60.7 Å². The van der Waals surface area contributed by atoms with Gasteiger partial charge in [-0.15, -0.1) is 3.63 Å². The van der Waals surface area contributed by atoms with Crippen molar-refractivity contribution in [3.63, 3.8) is 0 Å². The van der Waals surface area contributed by atoms with Gasteiger partial charge in [-0.25, -0.2) is 4.31 Å². The van der Waals surface area contributed by atoms with E-state index in [4.69, 9.17) is 4.55 Å². The molecule has 0 amide bonds. The van der Waals surface area contributed by atoms with Crippen LogP contribution in [0.5, 0.6) is 0 Å². The molecule has 0 unspecified atom stereocenters. The van der Waals surface area contributed by atoms with E-state index in [1.807, 2.05) is 0 Å². The average Bonchev–Trinajstić information content (AvgIpc) is 2.38. The molecule has 2 rings (SSSR count). The SMILES string of the molecule is O=S(=O)(O)OS(=O)(=O)N(c1ccccc1)c1ccccc1. The largest absolute Gasteiger partial charge is 0.413 e. The summed E-state index contributed by atoms with van der Waals surface area (Å²) in [6.45, 7) is 0. The van der Waals surface area contributed by atoms with Gasteiger partial charge < -0.3 is 0 Å². The van der Waals surface area contributed by atoms with Crippen molar-refractivity contribution in [1.82, 2.24) is 0 Å². The Morgan fingerprint density at radius 1 is 0.762 bits per heavy atom. The lowest BCUT2D eigenvalue weighted by Crippen LogP contribution is -2.30. The first-order valence-electron chi connectivity index (χ1n) is 5.63. The molecule has 0 heterocycles. The van der Waals surface area contributed by atoms with Crippen LogP contribution in [-0.4, -0.2) is 21.4 Å². The third kappa shape index (κ3) is 4.02. The second kappa shape index (κ2) is 5.82. The Balaban J connectivity index is 2.58. The first kappa shape index (κ1) is 15.4. The number of anilines is 2. The molecule has 0 aliphatic rings. The van der Waals surface area contributed by atoms with Gasteiger partial charge in [0.15, 0.2) is 0 Å². The lowest BCUT2D eigenvalue weighted by atomic mass is 10.3. The molecular weight excluding hydrogens is 318 g/mol. The smallest absolute Gasteiger partial charge is 0.263 e. The maximum absolute atomic E-state index is 12.1. The molecule has 0 radical (unpaired) electrons. The molecule has 1 N–H and O–H groups in total. The molecule has 0 fully saturated rings. The van der Waals surface area contributed by atoms with Gasteiger partial charge >= 0.3 is 20.7 Å². The van der Waals surface area contributed by atoms with Gasteiger partial charge in [0.2, 0.25) is 0 Å². The topological polar surface area (TPSA) is 101 Å². The van der Waals surface area contributed by atoms with Gasteiger partial charge in [-0.1, -0.05) is 36.4 Å². The average molecular weight is 329 g/mol. The minimum Gasteiger partial charge on any atom is -0.263 e. The van der Waals surface area contributed by atoms with Gasteiger partial charge in [0, 0.05) is 0 Å². The molecule has 0 saturated carbocycles. The van der Waals surface area contributed by atoms with E-state index < -0.39 is 20.7 Å². The van der Waals surface area contributed by atoms with Crippen molar-refractivity contribution in [2.24, 2.45) is 0 Å². The van der Waals surface area contributed by atoms with Crippen LogP contribution in [0.3, 0.4) is 0 Å². The molecule has 2 aromatic carbocycles. The molecule has 0 saturated heterocycles. The summed E-state index contributed by atoms with van der Waals surface area (Å²) < 4.78 is 58.8. The van der Waals surface area contributed by atoms with Crippen molar-refractivity contribution in [3.8, 4) is 0 Å². The second-order valence-corrected chi connectivity index (χ2v) is 6.51. The van der Waals surface area contributed by atoms with Crippen LogP contribution in [-0.2, 0) is 24.3 Å². The Morgan fingerprint density at radius 2 is 1.14 bits per heavy atom. The zero-order valence-electron chi connectivity index (χ0n) is 10.5. The van der Waals surface area contributed by atoms with Gasteiger partial charge in [-0.3, -0.25) is 4.55 Å². The summed E-state index contributed by atoms with van der Waals surface area (Å²) in [5, 5.41) is 0. The van der Waals surface area contributed by atoms with Crippen molar-refractivity contribution < 1.29 is 25.0 Å². The number of benzene rings is 2. The van der Waals surface area contributed by atoms with Gasteiger partial charge in [-0.2, -0.15) is 16.8 Å². The highest BCUT2D eigenvalue weighted by atomic mass is 32.3. The summed E-state index contributed by atoms with van der Waals surface area (Å²) in [6.07, 6.45) is 0. The number of para-hydroxylation sites is 2. The minimum absolute atomic E-state index is 0.160. The Bertz CT molecular complexity index is 764. The van der Waals surface area contributed by atoms with E-state index in [0.717, 1.165) is 0 Å². The Kier molecular flexibility index (Phi) is 4.28. The molecule has 21 heavy (non-hydrogen) atoms. The van der Waals surface area contributed by atoms with Crippen LogP contribution in [0.1, 0.15) is 0 Å². The first-order chi connectivity index (χ1) is 9.80. The molecule has 0 aromatic heterocycles. The second-order valence-electron chi connectivity index (χ2n) is 3.89. The molecule has 0 aliphatic heterocycles. The fourth-order valence-electron chi connectivity index (χ4n) is 1.67. The zero-order valence-corrected chi connectivity index (χ0v) is 12.2. The maximum atomic E-state index is 12.1. The van der Waals surface area contributed by atoms with E-state index in [9.17, 15) is 16.8 Å². The van der Waals surface area contributed by atoms with E-state index in [2.05, 4.69) is 3.63 Å². The van der Waals surface area contributed by atoms with Gasteiger partial charge in [0.25, 0.3) is 0 Å². The Morgan fingerprint density at radius 3 is 1.48 bits per heavy atom. The van der Waals surface area contributed by atoms with E-state index in [1.165, 1.54) is 24.3 Å². The van der Waals surface area contributed by atoms with Gasteiger partial charge in [0.05, 0.1) is 11.4 Å². The van der Waals surface area contributed by atoms with Crippen molar-refractivity contribution in [2.45, 2.75) is 0 Å². The van der Waals surface area contributed by atoms with Gasteiger partial charge in [-0.05, 0) is 24.3 Å². The molecule has 7 nitrogen and oxygen atoms in total. The molecule has 0 spiro atoms. The molecule has 112 valence electrons. The Labute approximate surface area is 122 Å². The fraction of sp³-hybridized carbons (Fsp3) is 0. The van der Waals surface area contributed by atoms with E-state index in [-0.39, 0.29) is 11.4 Å². The lowest BCUT2D eigenvalue weighted by molar-refractivity contribution is 0.383. The minimum atomic E-state index is -5.17. The molecule has 2 aromatic rings. The van der Waals surface area contributed by atoms with Crippen LogP contribution < -0.4 is 4.31 Å². The summed E-state index contributed by atoms with van der Waals surface area (Å²) in [4.78, 5) is 0. The van der Waals surface area contributed by atoms with Crippen LogP contribution in [0.2, 0.25) is 0 Å². The normalized spacial score (nSPS) is 12.0. The van der Waals surface area contributed by atoms with Crippen molar-refractivity contribution in [3.05, 3.63) is 60.7 Å². The molecule has 0 aliphatic carbocycles. The summed E-state index contributed by atoms with van der Waals surface area (Å²) in [5.74, 6) is 0. The standard InChI is InChI=1S/C12H11NO6S2/c14-20(15,19-21(16,17)18)13(11-7-3-1-4-8-11)12-9-5-2-6-10-12/h1-10H,(H,16,17,18). The number of rotatable bonds is 5. The predicted octanol–water partition coefficient (Wildman–Crippen LogP) is 1.89. The third-order valence-electron chi connectivity index (χ3n) is 2.38. The zero-order chi connectivity index (χ0) is 15.5. The molecule has 0 atom stereocenters. The maximum Gasteiger partial charge on any atom is 0.413 e. The predicted molar refractivity (Wildman–Crippen MR) is 76.6 cm³/mol. The highest BCUT2D eigenvalue weighted by Crippen LogP contribution is 2.29. The van der Waals surface area contributed by atoms with Crippen molar-refractivity contribution >= 4 is 32.1 Å². The van der Waals surface area contributed by atoms with Gasteiger partial charge in [0.1, 0.15) is 0 Å². The van der Waals surface area contributed by atoms with Crippen molar-refractivity contribution in [2.75, 3.05) is 4.31 Å². The summed E-state index contributed by atoms with van der Waals surface area (Å²) in [7, 11) is -9.96. The van der Waals surface area contributed by atoms with E-state index in [1.54, 1.807) is 36.4 Å².